The van der Waals surface area contributed by atoms with Gasteiger partial charge < -0.3 is 5.32 Å². The van der Waals surface area contributed by atoms with E-state index in [1.165, 1.54) is 4.68 Å². The molecule has 9 heteroatoms. The lowest BCUT2D eigenvalue weighted by Gasteiger charge is -2.16. The summed E-state index contributed by atoms with van der Waals surface area (Å²) in [4.78, 5) is 48.1. The van der Waals surface area contributed by atoms with Gasteiger partial charge in [0.1, 0.15) is 12.4 Å². The van der Waals surface area contributed by atoms with Crippen LogP contribution in [0.15, 0.2) is 36.7 Å². The Hall–Kier alpha value is -3.36. The van der Waals surface area contributed by atoms with Crippen LogP contribution >= 0.6 is 0 Å². The number of carbonyl (C=O) groups is 3. The molecule has 0 radical (unpaired) electrons. The molecule has 160 valence electrons. The van der Waals surface area contributed by atoms with E-state index in [1.54, 1.807) is 24.5 Å². The molecule has 0 spiro atoms. The zero-order valence-electron chi connectivity index (χ0n) is 17.6. The molecule has 9 nitrogen and oxygen atoms in total. The van der Waals surface area contributed by atoms with E-state index in [9.17, 15) is 14.4 Å². The van der Waals surface area contributed by atoms with Gasteiger partial charge in [-0.1, -0.05) is 32.9 Å². The summed E-state index contributed by atoms with van der Waals surface area (Å²) >= 11 is 0. The molecule has 2 bridgehead atoms. The van der Waals surface area contributed by atoms with Crippen molar-refractivity contribution in [2.24, 2.45) is 23.7 Å². The summed E-state index contributed by atoms with van der Waals surface area (Å²) in [6.45, 7) is 5.73. The monoisotopic (exact) mass is 420 g/mol. The Morgan fingerprint density at radius 1 is 1.10 bits per heavy atom. The fourth-order valence-electron chi connectivity index (χ4n) is 4.84. The van der Waals surface area contributed by atoms with Crippen molar-refractivity contribution in [1.82, 2.24) is 24.6 Å². The van der Waals surface area contributed by atoms with Crippen LogP contribution < -0.4 is 5.32 Å². The standard InChI is InChI=1S/C22H24N6O3/c1-22(2,3)14-10-15(28(26-14)21-23-7-4-8-24-21)25-16(29)11-27-19(30)17-12-5-6-13(9-12)18(17)20(27)31/h4-8,10,12-13,17-18H,9,11H2,1-3H3,(H,25,29). The van der Waals surface area contributed by atoms with E-state index in [1.807, 2.05) is 32.9 Å². The summed E-state index contributed by atoms with van der Waals surface area (Å²) in [6.07, 6.45) is 8.11. The molecule has 4 unspecified atom stereocenters. The number of amides is 3. The van der Waals surface area contributed by atoms with Crippen molar-refractivity contribution in [3.05, 3.63) is 42.4 Å². The van der Waals surface area contributed by atoms with Crippen LogP contribution in [0.4, 0.5) is 5.82 Å². The van der Waals surface area contributed by atoms with Crippen LogP contribution in [-0.4, -0.2) is 48.9 Å². The van der Waals surface area contributed by atoms with E-state index in [2.05, 4.69) is 20.4 Å². The number of nitrogens with zero attached hydrogens (tertiary/aromatic N) is 5. The molecule has 2 aromatic heterocycles. The minimum absolute atomic E-state index is 0.116. The van der Waals surface area contributed by atoms with Crippen LogP contribution in [0.2, 0.25) is 0 Å². The highest BCUT2D eigenvalue weighted by molar-refractivity contribution is 6.09. The molecule has 3 aliphatic rings. The normalized spacial score (nSPS) is 26.6. The Morgan fingerprint density at radius 3 is 2.29 bits per heavy atom. The minimum atomic E-state index is -0.459. The number of likely N-dealkylation sites (tertiary alicyclic amines) is 1. The Balaban J connectivity index is 1.37. The van der Waals surface area contributed by atoms with E-state index in [-0.39, 0.29) is 47.4 Å². The first-order valence-corrected chi connectivity index (χ1v) is 10.5. The first kappa shape index (κ1) is 19.6. The minimum Gasteiger partial charge on any atom is -0.309 e. The third-order valence-electron chi connectivity index (χ3n) is 6.35. The van der Waals surface area contributed by atoms with Gasteiger partial charge in [0.05, 0.1) is 17.5 Å². The van der Waals surface area contributed by atoms with E-state index < -0.39 is 5.91 Å². The first-order valence-electron chi connectivity index (χ1n) is 10.5. The number of aromatic nitrogens is 4. The van der Waals surface area contributed by atoms with Crippen molar-refractivity contribution in [1.29, 1.82) is 0 Å². The Kier molecular flexibility index (Phi) is 4.32. The molecule has 0 aromatic carbocycles. The zero-order valence-corrected chi connectivity index (χ0v) is 17.6. The van der Waals surface area contributed by atoms with Crippen LogP contribution in [0.3, 0.4) is 0 Å². The molecule has 4 atom stereocenters. The molecule has 2 fully saturated rings. The zero-order chi connectivity index (χ0) is 21.9. The predicted octanol–water partition coefficient (Wildman–Crippen LogP) is 1.71. The summed E-state index contributed by atoms with van der Waals surface area (Å²) in [5, 5.41) is 7.36. The predicted molar refractivity (Wildman–Crippen MR) is 111 cm³/mol. The number of hydrogen-bond acceptors (Lipinski definition) is 6. The average Bonchev–Trinajstić information content (AvgIpc) is 3.48. The molecule has 5 rings (SSSR count). The second-order valence-electron chi connectivity index (χ2n) is 9.44. The van der Waals surface area contributed by atoms with Gasteiger partial charge in [-0.05, 0) is 24.3 Å². The highest BCUT2D eigenvalue weighted by Crippen LogP contribution is 2.52. The molecule has 3 heterocycles. The summed E-state index contributed by atoms with van der Waals surface area (Å²) in [7, 11) is 0. The van der Waals surface area contributed by atoms with Gasteiger partial charge in [-0.3, -0.25) is 19.3 Å². The maximum Gasteiger partial charge on any atom is 0.252 e. The van der Waals surface area contributed by atoms with E-state index in [0.29, 0.717) is 11.8 Å². The van der Waals surface area contributed by atoms with Gasteiger partial charge in [-0.2, -0.15) is 9.78 Å². The first-order chi connectivity index (χ1) is 14.7. The van der Waals surface area contributed by atoms with Crippen molar-refractivity contribution >= 4 is 23.5 Å². The van der Waals surface area contributed by atoms with Crippen LogP contribution in [0.25, 0.3) is 5.95 Å². The molecular weight excluding hydrogens is 396 g/mol. The van der Waals surface area contributed by atoms with Crippen molar-refractivity contribution in [3.63, 3.8) is 0 Å². The van der Waals surface area contributed by atoms with Crippen LogP contribution in [-0.2, 0) is 19.8 Å². The number of rotatable bonds is 4. The van der Waals surface area contributed by atoms with Crippen molar-refractivity contribution in [3.8, 4) is 5.95 Å². The number of fused-ring (bicyclic) bond motifs is 5. The van der Waals surface area contributed by atoms with E-state index >= 15 is 0 Å². The molecule has 1 saturated carbocycles. The number of imide groups is 1. The van der Waals surface area contributed by atoms with Crippen molar-refractivity contribution in [2.45, 2.75) is 32.6 Å². The smallest absolute Gasteiger partial charge is 0.252 e. The molecule has 2 aliphatic carbocycles. The molecule has 1 N–H and O–H groups in total. The van der Waals surface area contributed by atoms with E-state index in [4.69, 9.17) is 0 Å². The largest absolute Gasteiger partial charge is 0.309 e. The van der Waals surface area contributed by atoms with Gasteiger partial charge in [-0.15, -0.1) is 0 Å². The highest BCUT2D eigenvalue weighted by atomic mass is 16.2. The van der Waals surface area contributed by atoms with Gasteiger partial charge in [-0.25, -0.2) is 9.97 Å². The van der Waals surface area contributed by atoms with Gasteiger partial charge in [0.15, 0.2) is 0 Å². The number of carbonyl (C=O) groups excluding carboxylic acids is 3. The summed E-state index contributed by atoms with van der Waals surface area (Å²) in [5.74, 6) is -0.622. The van der Waals surface area contributed by atoms with Gasteiger partial charge >= 0.3 is 0 Å². The fraction of sp³-hybridized carbons (Fsp3) is 0.455. The lowest BCUT2D eigenvalue weighted by atomic mass is 9.85. The maximum atomic E-state index is 12.9. The van der Waals surface area contributed by atoms with Crippen molar-refractivity contribution in [2.75, 3.05) is 11.9 Å². The van der Waals surface area contributed by atoms with Gasteiger partial charge in [0.2, 0.25) is 17.7 Å². The maximum absolute atomic E-state index is 12.9. The lowest BCUT2D eigenvalue weighted by Crippen LogP contribution is -2.39. The topological polar surface area (TPSA) is 110 Å². The van der Waals surface area contributed by atoms with Crippen molar-refractivity contribution < 1.29 is 14.4 Å². The Morgan fingerprint density at radius 2 is 1.71 bits per heavy atom. The lowest BCUT2D eigenvalue weighted by molar-refractivity contribution is -0.143. The highest BCUT2D eigenvalue weighted by Gasteiger charge is 2.59. The summed E-state index contributed by atoms with van der Waals surface area (Å²) < 4.78 is 1.46. The summed E-state index contributed by atoms with van der Waals surface area (Å²) in [6, 6.07) is 3.46. The Labute approximate surface area is 179 Å². The van der Waals surface area contributed by atoms with E-state index in [0.717, 1.165) is 17.0 Å². The number of allylic oxidation sites excluding steroid dienone is 2. The molecule has 2 aromatic rings. The molecule has 31 heavy (non-hydrogen) atoms. The van der Waals surface area contributed by atoms with Gasteiger partial charge in [0.25, 0.3) is 5.95 Å². The summed E-state index contributed by atoms with van der Waals surface area (Å²) in [5.41, 5.74) is 0.491. The third kappa shape index (κ3) is 3.15. The average molecular weight is 420 g/mol. The second kappa shape index (κ2) is 6.83. The van der Waals surface area contributed by atoms with Crippen LogP contribution in [0.5, 0.6) is 0 Å². The molecule has 1 aliphatic heterocycles. The number of anilines is 1. The second-order valence-corrected chi connectivity index (χ2v) is 9.44. The Bertz CT molecular complexity index is 1070. The molecular formula is C22H24N6O3. The van der Waals surface area contributed by atoms with Crippen LogP contribution in [0, 0.1) is 23.7 Å². The third-order valence-corrected chi connectivity index (χ3v) is 6.35. The quantitative estimate of drug-likeness (QED) is 0.596. The molecule has 3 amide bonds. The van der Waals surface area contributed by atoms with Crippen LogP contribution in [0.1, 0.15) is 32.9 Å². The SMILES string of the molecule is CC(C)(C)c1cc(NC(=O)CN2C(=O)C3C4C=CC(C4)C3C2=O)n(-c2ncccn2)n1. The number of nitrogens with one attached hydrogen (secondary N) is 1. The number of hydrogen-bond donors (Lipinski definition) is 1. The molecule has 1 saturated heterocycles. The fourth-order valence-corrected chi connectivity index (χ4v) is 4.84. The van der Waals surface area contributed by atoms with Gasteiger partial charge in [0, 0.05) is 23.9 Å².